The molecule has 2 aromatic carbocycles. The number of nitrogen functional groups attached to an aromatic ring is 1. The number of benzene rings is 2. The van der Waals surface area contributed by atoms with E-state index in [0.717, 1.165) is 17.7 Å². The summed E-state index contributed by atoms with van der Waals surface area (Å²) in [6.45, 7) is 1.73. The van der Waals surface area contributed by atoms with Crippen LogP contribution in [0.25, 0.3) is 0 Å². The molecule has 7 heteroatoms. The molecule has 0 bridgehead atoms. The Labute approximate surface area is 115 Å². The van der Waals surface area contributed by atoms with Crippen molar-refractivity contribution < 1.29 is 17.2 Å². The van der Waals surface area contributed by atoms with E-state index in [1.807, 2.05) is 4.72 Å². The van der Waals surface area contributed by atoms with E-state index in [0.29, 0.717) is 5.69 Å². The molecule has 0 saturated carbocycles. The monoisotopic (exact) mass is 298 g/mol. The van der Waals surface area contributed by atoms with Gasteiger partial charge in [0.1, 0.15) is 0 Å². The van der Waals surface area contributed by atoms with Gasteiger partial charge >= 0.3 is 0 Å². The number of aryl methyl sites for hydroxylation is 1. The van der Waals surface area contributed by atoms with Gasteiger partial charge in [-0.05, 0) is 36.8 Å². The molecule has 0 radical (unpaired) electrons. The van der Waals surface area contributed by atoms with E-state index < -0.39 is 27.3 Å². The van der Waals surface area contributed by atoms with Crippen molar-refractivity contribution in [2.45, 2.75) is 11.8 Å². The zero-order chi connectivity index (χ0) is 14.9. The summed E-state index contributed by atoms with van der Waals surface area (Å²) in [5, 5.41) is 0. The van der Waals surface area contributed by atoms with E-state index in [-0.39, 0.29) is 4.90 Å². The number of anilines is 2. The van der Waals surface area contributed by atoms with Gasteiger partial charge in [0.15, 0.2) is 11.6 Å². The number of sulfonamides is 1. The Morgan fingerprint density at radius 3 is 2.50 bits per heavy atom. The van der Waals surface area contributed by atoms with Crippen molar-refractivity contribution in [3.8, 4) is 0 Å². The first kappa shape index (κ1) is 14.3. The fourth-order valence-corrected chi connectivity index (χ4v) is 2.67. The Morgan fingerprint density at radius 2 is 1.85 bits per heavy atom. The first-order valence-electron chi connectivity index (χ1n) is 5.64. The normalized spacial score (nSPS) is 11.3. The van der Waals surface area contributed by atoms with Crippen LogP contribution in [0.2, 0.25) is 0 Å². The molecule has 0 aliphatic rings. The number of halogens is 2. The molecule has 2 aromatic rings. The summed E-state index contributed by atoms with van der Waals surface area (Å²) < 4.78 is 52.6. The van der Waals surface area contributed by atoms with Crippen LogP contribution in [0.1, 0.15) is 5.56 Å². The molecular formula is C13H12F2N2O2S. The maximum atomic E-state index is 13.5. The summed E-state index contributed by atoms with van der Waals surface area (Å²) in [6.07, 6.45) is 0. The lowest BCUT2D eigenvalue weighted by Gasteiger charge is -2.10. The summed E-state index contributed by atoms with van der Waals surface area (Å²) in [4.78, 5) is -0.121. The van der Waals surface area contributed by atoms with Crippen molar-refractivity contribution in [2.75, 3.05) is 10.5 Å². The summed E-state index contributed by atoms with van der Waals surface area (Å²) >= 11 is 0. The van der Waals surface area contributed by atoms with Gasteiger partial charge in [-0.3, -0.25) is 4.72 Å². The minimum Gasteiger partial charge on any atom is -0.398 e. The maximum Gasteiger partial charge on any atom is 0.262 e. The van der Waals surface area contributed by atoms with E-state index in [1.54, 1.807) is 6.92 Å². The molecule has 4 nitrogen and oxygen atoms in total. The summed E-state index contributed by atoms with van der Waals surface area (Å²) in [7, 11) is -4.03. The molecule has 0 fully saturated rings. The van der Waals surface area contributed by atoms with Crippen molar-refractivity contribution in [2.24, 2.45) is 0 Å². The van der Waals surface area contributed by atoms with Crippen LogP contribution in [0.5, 0.6) is 0 Å². The molecule has 0 aliphatic heterocycles. The van der Waals surface area contributed by atoms with Crippen molar-refractivity contribution in [3.63, 3.8) is 0 Å². The second-order valence-electron chi connectivity index (χ2n) is 4.23. The molecule has 0 heterocycles. The molecular weight excluding hydrogens is 286 g/mol. The Bertz CT molecular complexity index is 761. The quantitative estimate of drug-likeness (QED) is 0.856. The van der Waals surface area contributed by atoms with Crippen LogP contribution in [-0.4, -0.2) is 8.42 Å². The molecule has 0 saturated heterocycles. The fraction of sp³-hybridized carbons (Fsp3) is 0.0769. The highest BCUT2D eigenvalue weighted by atomic mass is 32.2. The van der Waals surface area contributed by atoms with Gasteiger partial charge in [0, 0.05) is 5.69 Å². The minimum absolute atomic E-state index is 0.121. The van der Waals surface area contributed by atoms with Crippen LogP contribution in [-0.2, 0) is 10.0 Å². The van der Waals surface area contributed by atoms with E-state index in [4.69, 9.17) is 5.73 Å². The molecule has 3 N–H and O–H groups in total. The predicted octanol–water partition coefficient (Wildman–Crippen LogP) is 2.66. The predicted molar refractivity (Wildman–Crippen MR) is 72.8 cm³/mol. The van der Waals surface area contributed by atoms with Crippen molar-refractivity contribution in [3.05, 3.63) is 53.6 Å². The smallest absolute Gasteiger partial charge is 0.262 e. The van der Waals surface area contributed by atoms with Gasteiger partial charge in [0.05, 0.1) is 10.6 Å². The lowest BCUT2D eigenvalue weighted by molar-refractivity contribution is 0.511. The molecule has 0 unspecified atom stereocenters. The average molecular weight is 298 g/mol. The average Bonchev–Trinajstić information content (AvgIpc) is 2.38. The molecule has 0 aliphatic carbocycles. The van der Waals surface area contributed by atoms with Crippen LogP contribution >= 0.6 is 0 Å². The standard InChI is InChI=1S/C13H12F2N2O2S/c1-8-5-6-9(7-11(8)16)20(18,19)17-12-4-2-3-10(14)13(12)15/h2-7,17H,16H2,1H3. The molecule has 0 aromatic heterocycles. The third-order valence-corrected chi connectivity index (χ3v) is 4.12. The molecule has 0 spiro atoms. The zero-order valence-electron chi connectivity index (χ0n) is 10.5. The largest absolute Gasteiger partial charge is 0.398 e. The third-order valence-electron chi connectivity index (χ3n) is 2.76. The maximum absolute atomic E-state index is 13.5. The van der Waals surface area contributed by atoms with Crippen LogP contribution in [0, 0.1) is 18.6 Å². The van der Waals surface area contributed by atoms with Crippen LogP contribution in [0.3, 0.4) is 0 Å². The van der Waals surface area contributed by atoms with Crippen LogP contribution < -0.4 is 10.5 Å². The fourth-order valence-electron chi connectivity index (χ4n) is 1.57. The van der Waals surface area contributed by atoms with Gasteiger partial charge < -0.3 is 5.73 Å². The second-order valence-corrected chi connectivity index (χ2v) is 5.91. The molecule has 106 valence electrons. The second kappa shape index (κ2) is 5.09. The van der Waals surface area contributed by atoms with Crippen LogP contribution in [0.15, 0.2) is 41.3 Å². The van der Waals surface area contributed by atoms with E-state index >= 15 is 0 Å². The zero-order valence-corrected chi connectivity index (χ0v) is 11.3. The first-order valence-corrected chi connectivity index (χ1v) is 7.12. The summed E-state index contributed by atoms with van der Waals surface area (Å²) in [5.41, 5.74) is 6.21. The lowest BCUT2D eigenvalue weighted by atomic mass is 10.2. The molecule has 20 heavy (non-hydrogen) atoms. The van der Waals surface area contributed by atoms with Gasteiger partial charge in [-0.15, -0.1) is 0 Å². The van der Waals surface area contributed by atoms with Gasteiger partial charge in [-0.2, -0.15) is 0 Å². The van der Waals surface area contributed by atoms with E-state index in [2.05, 4.69) is 0 Å². The third kappa shape index (κ3) is 2.72. The Morgan fingerprint density at radius 1 is 1.15 bits per heavy atom. The van der Waals surface area contributed by atoms with E-state index in [1.165, 1.54) is 24.3 Å². The Hall–Kier alpha value is -2.15. The van der Waals surface area contributed by atoms with Gasteiger partial charge in [0.25, 0.3) is 10.0 Å². The van der Waals surface area contributed by atoms with Crippen molar-refractivity contribution in [1.29, 1.82) is 0 Å². The number of rotatable bonds is 3. The summed E-state index contributed by atoms with van der Waals surface area (Å²) in [5.74, 6) is -2.38. The molecule has 2 rings (SSSR count). The van der Waals surface area contributed by atoms with E-state index in [9.17, 15) is 17.2 Å². The first-order chi connectivity index (χ1) is 9.31. The number of nitrogens with two attached hydrogens (primary N) is 1. The topological polar surface area (TPSA) is 72.2 Å². The highest BCUT2D eigenvalue weighted by Gasteiger charge is 2.18. The highest BCUT2D eigenvalue weighted by Crippen LogP contribution is 2.23. The Kier molecular flexibility index (Phi) is 3.63. The van der Waals surface area contributed by atoms with Gasteiger partial charge in [-0.1, -0.05) is 12.1 Å². The highest BCUT2D eigenvalue weighted by molar-refractivity contribution is 7.92. The van der Waals surface area contributed by atoms with Crippen molar-refractivity contribution >= 4 is 21.4 Å². The Balaban J connectivity index is 2.41. The lowest BCUT2D eigenvalue weighted by Crippen LogP contribution is -2.14. The SMILES string of the molecule is Cc1ccc(S(=O)(=O)Nc2cccc(F)c2F)cc1N. The van der Waals surface area contributed by atoms with Crippen LogP contribution in [0.4, 0.5) is 20.2 Å². The molecule has 0 atom stereocenters. The van der Waals surface area contributed by atoms with Gasteiger partial charge in [0.2, 0.25) is 0 Å². The molecule has 0 amide bonds. The number of nitrogens with one attached hydrogen (secondary N) is 1. The minimum atomic E-state index is -4.03. The summed E-state index contributed by atoms with van der Waals surface area (Å²) in [6, 6.07) is 7.37. The van der Waals surface area contributed by atoms with Gasteiger partial charge in [-0.25, -0.2) is 17.2 Å². The number of hydrogen-bond acceptors (Lipinski definition) is 3. The van der Waals surface area contributed by atoms with Crippen molar-refractivity contribution in [1.82, 2.24) is 0 Å². The number of hydrogen-bond donors (Lipinski definition) is 2.